The van der Waals surface area contributed by atoms with Crippen molar-refractivity contribution in [1.82, 2.24) is 0 Å². The van der Waals surface area contributed by atoms with Gasteiger partial charge in [-0.2, -0.15) is 0 Å². The number of carbonyl (C=O) groups excluding carboxylic acids is 1. The van der Waals surface area contributed by atoms with E-state index in [0.29, 0.717) is 37.0 Å². The minimum Gasteiger partial charge on any atom is -0.550 e. The molecule has 6 nitrogen and oxygen atoms in total. The standard InChI is InChI=1S/C17H31NO5.K/c1-2-3-4-5-6-7-12-18(15-19,13-8-10-16(20)21)14-9-11-17(22)23;/h5-6,19H,2-4,7-15H2,1H3,(H-,20,21,22,23);/q;+1/b6-5+;. The van der Waals surface area contributed by atoms with Gasteiger partial charge in [-0.15, -0.1) is 0 Å². The van der Waals surface area contributed by atoms with E-state index in [2.05, 4.69) is 19.1 Å². The number of aliphatic hydroxyl groups is 1. The van der Waals surface area contributed by atoms with Gasteiger partial charge in [-0.1, -0.05) is 31.9 Å². The number of aliphatic hydroxyl groups excluding tert-OH is 1. The number of nitrogens with zero attached hydrogens (tertiary/aromatic N) is 1. The molecule has 134 valence electrons. The Morgan fingerprint density at radius 1 is 1.00 bits per heavy atom. The summed E-state index contributed by atoms with van der Waals surface area (Å²) in [6.45, 7) is 3.79. The van der Waals surface area contributed by atoms with Crippen molar-refractivity contribution in [2.45, 2.75) is 58.3 Å². The molecule has 0 aromatic carbocycles. The normalized spacial score (nSPS) is 13.4. The molecule has 0 aliphatic heterocycles. The molecule has 0 fully saturated rings. The van der Waals surface area contributed by atoms with Crippen LogP contribution in [0.4, 0.5) is 0 Å². The first-order chi connectivity index (χ1) is 11.0. The van der Waals surface area contributed by atoms with Crippen LogP contribution < -0.4 is 56.5 Å². The Kier molecular flexibility index (Phi) is 18.4. The molecule has 0 aromatic heterocycles. The number of aliphatic carboxylic acids is 2. The van der Waals surface area contributed by atoms with Crippen molar-refractivity contribution in [3.05, 3.63) is 12.2 Å². The maximum absolute atomic E-state index is 10.7. The fourth-order valence-electron chi connectivity index (χ4n) is 2.58. The third-order valence-electron chi connectivity index (χ3n) is 4.00. The summed E-state index contributed by atoms with van der Waals surface area (Å²) in [5.41, 5.74) is 0. The fourth-order valence-corrected chi connectivity index (χ4v) is 2.58. The molecule has 1 atom stereocenters. The summed E-state index contributed by atoms with van der Waals surface area (Å²) in [6.07, 6.45) is 9.29. The number of quaternary nitrogens is 1. The minimum absolute atomic E-state index is 0. The van der Waals surface area contributed by atoms with Gasteiger partial charge in [0.05, 0.1) is 26.1 Å². The molecule has 2 N–H and O–H groups in total. The second-order valence-electron chi connectivity index (χ2n) is 6.03. The van der Waals surface area contributed by atoms with Crippen LogP contribution in [0.15, 0.2) is 12.2 Å². The maximum Gasteiger partial charge on any atom is 1.00 e. The van der Waals surface area contributed by atoms with Crippen LogP contribution in [0, 0.1) is 0 Å². The molecule has 24 heavy (non-hydrogen) atoms. The Hall–Kier alpha value is 0.236. The molecule has 7 heteroatoms. The van der Waals surface area contributed by atoms with Gasteiger partial charge in [0.2, 0.25) is 0 Å². The van der Waals surface area contributed by atoms with Gasteiger partial charge in [0.25, 0.3) is 0 Å². The van der Waals surface area contributed by atoms with Crippen LogP contribution in [-0.4, -0.2) is 53.0 Å². The zero-order valence-corrected chi connectivity index (χ0v) is 18.3. The van der Waals surface area contributed by atoms with Crippen LogP contribution in [0.3, 0.4) is 0 Å². The fraction of sp³-hybridized carbons (Fsp3) is 0.765. The predicted molar refractivity (Wildman–Crippen MR) is 86.3 cm³/mol. The van der Waals surface area contributed by atoms with Gasteiger partial charge in [-0.05, 0) is 12.8 Å². The van der Waals surface area contributed by atoms with E-state index in [1.54, 1.807) is 0 Å². The summed E-state index contributed by atoms with van der Waals surface area (Å²) >= 11 is 0. The Morgan fingerprint density at radius 3 is 2.08 bits per heavy atom. The van der Waals surface area contributed by atoms with Crippen molar-refractivity contribution in [2.75, 3.05) is 26.4 Å². The zero-order chi connectivity index (χ0) is 17.6. The van der Waals surface area contributed by atoms with Gasteiger partial charge >= 0.3 is 57.4 Å². The van der Waals surface area contributed by atoms with Crippen molar-refractivity contribution >= 4 is 11.9 Å². The molecular formula is C17H31KNO5+. The van der Waals surface area contributed by atoms with Crippen molar-refractivity contribution in [2.24, 2.45) is 0 Å². The molecule has 1 unspecified atom stereocenters. The molecule has 0 saturated heterocycles. The first-order valence-electron chi connectivity index (χ1n) is 8.48. The Bertz CT molecular complexity index is 354. The summed E-state index contributed by atoms with van der Waals surface area (Å²) in [4.78, 5) is 21.2. The second kappa shape index (κ2) is 16.7. The smallest absolute Gasteiger partial charge is 0.550 e. The van der Waals surface area contributed by atoms with Crippen molar-refractivity contribution in [3.63, 3.8) is 0 Å². The van der Waals surface area contributed by atoms with E-state index < -0.39 is 11.9 Å². The molecule has 0 saturated carbocycles. The van der Waals surface area contributed by atoms with Gasteiger partial charge in [0.1, 0.15) is 0 Å². The van der Waals surface area contributed by atoms with Crippen molar-refractivity contribution < 1.29 is 80.8 Å². The van der Waals surface area contributed by atoms with E-state index in [9.17, 15) is 19.8 Å². The van der Waals surface area contributed by atoms with E-state index in [1.807, 2.05) is 0 Å². The molecule has 0 amide bonds. The number of hydrogen-bond donors (Lipinski definition) is 2. The van der Waals surface area contributed by atoms with Gasteiger partial charge in [-0.25, -0.2) is 0 Å². The van der Waals surface area contributed by atoms with E-state index in [0.717, 1.165) is 25.7 Å². The van der Waals surface area contributed by atoms with Crippen molar-refractivity contribution in [3.8, 4) is 0 Å². The largest absolute Gasteiger partial charge is 1.00 e. The molecule has 0 aromatic rings. The minimum atomic E-state index is -1.09. The first kappa shape index (κ1) is 26.5. The van der Waals surface area contributed by atoms with Crippen LogP contribution in [-0.2, 0) is 9.59 Å². The van der Waals surface area contributed by atoms with Crippen LogP contribution in [0.2, 0.25) is 0 Å². The SMILES string of the molecule is CCCC/C=C/CC[N+](CO)(CCCC(=O)[O-])CCCC(=O)O.[K+]. The second-order valence-corrected chi connectivity index (χ2v) is 6.03. The average molecular weight is 369 g/mol. The summed E-state index contributed by atoms with van der Waals surface area (Å²) in [7, 11) is 0. The van der Waals surface area contributed by atoms with E-state index >= 15 is 0 Å². The monoisotopic (exact) mass is 368 g/mol. The van der Waals surface area contributed by atoms with Crippen LogP contribution >= 0.6 is 0 Å². The van der Waals surface area contributed by atoms with Crippen LogP contribution in [0.1, 0.15) is 58.3 Å². The summed E-state index contributed by atoms with van der Waals surface area (Å²) < 4.78 is 0.346. The molecular weight excluding hydrogens is 337 g/mol. The maximum atomic E-state index is 10.7. The van der Waals surface area contributed by atoms with Crippen LogP contribution in [0.5, 0.6) is 0 Å². The molecule has 0 aliphatic rings. The number of carbonyl (C=O) groups is 2. The average Bonchev–Trinajstić information content (AvgIpc) is 2.49. The molecule has 0 radical (unpaired) electrons. The quantitative estimate of drug-likeness (QED) is 0.118. The number of unbranched alkanes of at least 4 members (excludes halogenated alkanes) is 2. The summed E-state index contributed by atoms with van der Waals surface area (Å²) in [6, 6.07) is 0. The zero-order valence-electron chi connectivity index (χ0n) is 15.2. The predicted octanol–water partition coefficient (Wildman–Crippen LogP) is -1.71. The van der Waals surface area contributed by atoms with E-state index in [1.165, 1.54) is 0 Å². The Balaban J connectivity index is 0. The third-order valence-corrected chi connectivity index (χ3v) is 4.00. The van der Waals surface area contributed by atoms with Gasteiger partial charge in [0, 0.05) is 25.2 Å². The molecule has 0 spiro atoms. The summed E-state index contributed by atoms with van der Waals surface area (Å²) in [5.74, 6) is -1.94. The summed E-state index contributed by atoms with van der Waals surface area (Å²) in [5, 5.41) is 29.1. The Labute approximate surface area is 187 Å². The van der Waals surface area contributed by atoms with Gasteiger partial charge < -0.3 is 24.6 Å². The number of carboxylic acid groups (broad SMARTS) is 2. The number of carboxylic acids is 2. The number of rotatable bonds is 15. The topological polar surface area (TPSA) is 97.7 Å². The van der Waals surface area contributed by atoms with E-state index in [-0.39, 0.29) is 71.0 Å². The van der Waals surface area contributed by atoms with Gasteiger partial charge in [0.15, 0.2) is 6.73 Å². The van der Waals surface area contributed by atoms with E-state index in [4.69, 9.17) is 5.11 Å². The van der Waals surface area contributed by atoms with Crippen LogP contribution in [0.25, 0.3) is 0 Å². The van der Waals surface area contributed by atoms with Crippen molar-refractivity contribution in [1.29, 1.82) is 0 Å². The molecule has 0 aliphatic carbocycles. The third kappa shape index (κ3) is 14.6. The number of allylic oxidation sites excluding steroid dienone is 1. The Morgan fingerprint density at radius 2 is 1.58 bits per heavy atom. The molecule has 0 rings (SSSR count). The number of hydrogen-bond acceptors (Lipinski definition) is 4. The van der Waals surface area contributed by atoms with Gasteiger partial charge in [-0.3, -0.25) is 4.79 Å². The first-order valence-corrected chi connectivity index (χ1v) is 8.48. The molecule has 0 bridgehead atoms. The molecule has 0 heterocycles.